The monoisotopic (exact) mass is 248 g/mol. The van der Waals surface area contributed by atoms with E-state index >= 15 is 0 Å². The second-order valence-corrected chi connectivity index (χ2v) is 4.13. The summed E-state index contributed by atoms with van der Waals surface area (Å²) in [4.78, 5) is 0. The number of alkyl halides is 3. The Morgan fingerprint density at radius 2 is 2.00 bits per heavy atom. The van der Waals surface area contributed by atoms with Gasteiger partial charge in [0.2, 0.25) is 0 Å². The molecular formula is C7H11Cl3O3. The fraction of sp³-hybridized carbons (Fsp3) is 1.00. The quantitative estimate of drug-likeness (QED) is 0.747. The number of hydrogen-bond donors (Lipinski definition) is 1. The van der Waals surface area contributed by atoms with Gasteiger partial charge in [-0.25, -0.2) is 0 Å². The van der Waals surface area contributed by atoms with Crippen molar-refractivity contribution in [2.45, 2.75) is 29.3 Å². The van der Waals surface area contributed by atoms with Gasteiger partial charge >= 0.3 is 0 Å². The maximum atomic E-state index is 9.51. The highest BCUT2D eigenvalue weighted by molar-refractivity contribution is 6.31. The second kappa shape index (κ2) is 5.01. The van der Waals surface area contributed by atoms with Crippen LogP contribution in [0.25, 0.3) is 0 Å². The third-order valence-electron chi connectivity index (χ3n) is 1.96. The second-order valence-electron chi connectivity index (χ2n) is 2.81. The number of halogens is 3. The van der Waals surface area contributed by atoms with Crippen molar-refractivity contribution in [2.75, 3.05) is 13.0 Å². The van der Waals surface area contributed by atoms with Gasteiger partial charge in [-0.1, -0.05) is 0 Å². The van der Waals surface area contributed by atoms with E-state index in [4.69, 9.17) is 44.3 Å². The normalized spacial score (nSPS) is 46.4. The summed E-state index contributed by atoms with van der Waals surface area (Å²) in [6.45, 7) is 0. The molecule has 1 heterocycles. The van der Waals surface area contributed by atoms with E-state index in [1.54, 1.807) is 0 Å². The van der Waals surface area contributed by atoms with Crippen molar-refractivity contribution in [1.29, 1.82) is 0 Å². The standard InChI is InChI=1S/C7H11Cl3O3/c1-12-7-6(11)5(10)4(9)3(2-8)13-7/h3-7,11H,2H2,1H3. The summed E-state index contributed by atoms with van der Waals surface area (Å²) >= 11 is 17.4. The van der Waals surface area contributed by atoms with Crippen molar-refractivity contribution in [3.8, 4) is 0 Å². The van der Waals surface area contributed by atoms with E-state index in [1.165, 1.54) is 7.11 Å². The summed E-state index contributed by atoms with van der Waals surface area (Å²) in [5.74, 6) is 0.226. The maximum absolute atomic E-state index is 9.51. The molecule has 0 saturated carbocycles. The molecule has 0 aromatic heterocycles. The molecule has 0 amide bonds. The predicted molar refractivity (Wildman–Crippen MR) is 51.7 cm³/mol. The van der Waals surface area contributed by atoms with Gasteiger partial charge in [0, 0.05) is 7.11 Å². The first-order valence-electron chi connectivity index (χ1n) is 3.82. The first-order valence-corrected chi connectivity index (χ1v) is 5.23. The van der Waals surface area contributed by atoms with Crippen molar-refractivity contribution >= 4 is 34.8 Å². The van der Waals surface area contributed by atoms with Crippen LogP contribution in [0.1, 0.15) is 0 Å². The van der Waals surface area contributed by atoms with Gasteiger partial charge in [-0.2, -0.15) is 0 Å². The molecule has 3 nitrogen and oxygen atoms in total. The summed E-state index contributed by atoms with van der Waals surface area (Å²) in [6.07, 6.45) is -2.06. The maximum Gasteiger partial charge on any atom is 0.185 e. The van der Waals surface area contributed by atoms with E-state index in [-0.39, 0.29) is 12.0 Å². The SMILES string of the molecule is COC1OC(CCl)C(Cl)C(Cl)C1O. The third kappa shape index (κ3) is 2.41. The Morgan fingerprint density at radius 3 is 2.46 bits per heavy atom. The lowest BCUT2D eigenvalue weighted by atomic mass is 10.1. The molecular weight excluding hydrogens is 238 g/mol. The Morgan fingerprint density at radius 1 is 1.38 bits per heavy atom. The van der Waals surface area contributed by atoms with Crippen LogP contribution in [0, 0.1) is 0 Å². The summed E-state index contributed by atoms with van der Waals surface area (Å²) in [7, 11) is 1.43. The van der Waals surface area contributed by atoms with Gasteiger partial charge < -0.3 is 14.6 Å². The van der Waals surface area contributed by atoms with Crippen molar-refractivity contribution in [3.63, 3.8) is 0 Å². The summed E-state index contributed by atoms with van der Waals surface area (Å²) < 4.78 is 10.1. The minimum absolute atomic E-state index is 0.226. The highest BCUT2D eigenvalue weighted by Gasteiger charge is 2.43. The summed E-state index contributed by atoms with van der Waals surface area (Å²) in [5.41, 5.74) is 0. The number of aliphatic hydroxyl groups excluding tert-OH is 1. The molecule has 0 aromatic carbocycles. The van der Waals surface area contributed by atoms with E-state index in [0.29, 0.717) is 0 Å². The van der Waals surface area contributed by atoms with Gasteiger partial charge in [-0.15, -0.1) is 34.8 Å². The van der Waals surface area contributed by atoms with Crippen molar-refractivity contribution in [2.24, 2.45) is 0 Å². The third-order valence-corrected chi connectivity index (χ3v) is 3.47. The van der Waals surface area contributed by atoms with E-state index in [0.717, 1.165) is 0 Å². The Balaban J connectivity index is 2.66. The van der Waals surface area contributed by atoms with Crippen molar-refractivity contribution < 1.29 is 14.6 Å². The minimum atomic E-state index is -0.923. The molecule has 0 aliphatic carbocycles. The average molecular weight is 250 g/mol. The Hall–Kier alpha value is 0.750. The first-order chi connectivity index (χ1) is 6.11. The molecule has 1 N–H and O–H groups in total. The van der Waals surface area contributed by atoms with Gasteiger partial charge in [0.1, 0.15) is 6.10 Å². The van der Waals surface area contributed by atoms with Gasteiger partial charge in [0.05, 0.1) is 22.7 Å². The Labute approximate surface area is 91.9 Å². The predicted octanol–water partition coefficient (Wildman–Crippen LogP) is 1.17. The van der Waals surface area contributed by atoms with Crippen molar-refractivity contribution in [1.82, 2.24) is 0 Å². The smallest absolute Gasteiger partial charge is 0.185 e. The van der Waals surface area contributed by atoms with E-state index < -0.39 is 23.1 Å². The van der Waals surface area contributed by atoms with Gasteiger partial charge in [0.25, 0.3) is 0 Å². The lowest BCUT2D eigenvalue weighted by Gasteiger charge is -2.38. The zero-order chi connectivity index (χ0) is 10.0. The molecule has 0 aromatic rings. The van der Waals surface area contributed by atoms with Crippen LogP contribution in [0.2, 0.25) is 0 Å². The van der Waals surface area contributed by atoms with Gasteiger partial charge in [-0.05, 0) is 0 Å². The number of rotatable bonds is 2. The van der Waals surface area contributed by atoms with Crippen LogP contribution in [0.3, 0.4) is 0 Å². The highest BCUT2D eigenvalue weighted by atomic mass is 35.5. The molecule has 1 aliphatic heterocycles. The zero-order valence-electron chi connectivity index (χ0n) is 6.99. The van der Waals surface area contributed by atoms with E-state index in [1.807, 2.05) is 0 Å². The zero-order valence-corrected chi connectivity index (χ0v) is 9.26. The van der Waals surface area contributed by atoms with Crippen LogP contribution in [-0.2, 0) is 9.47 Å². The van der Waals surface area contributed by atoms with Crippen LogP contribution >= 0.6 is 34.8 Å². The molecule has 1 fully saturated rings. The van der Waals surface area contributed by atoms with Gasteiger partial charge in [-0.3, -0.25) is 0 Å². The lowest BCUT2D eigenvalue weighted by Crippen LogP contribution is -2.54. The summed E-state index contributed by atoms with van der Waals surface area (Å²) in [6, 6.07) is 0. The molecule has 1 rings (SSSR count). The average Bonchev–Trinajstić information content (AvgIpc) is 2.15. The molecule has 5 unspecified atom stereocenters. The van der Waals surface area contributed by atoms with Crippen LogP contribution in [-0.4, -0.2) is 47.3 Å². The topological polar surface area (TPSA) is 38.7 Å². The molecule has 13 heavy (non-hydrogen) atoms. The fourth-order valence-electron chi connectivity index (χ4n) is 1.19. The summed E-state index contributed by atoms with van der Waals surface area (Å²) in [5, 5.41) is 8.40. The Bertz CT molecular complexity index is 149. The Kier molecular flexibility index (Phi) is 4.55. The number of ether oxygens (including phenoxy) is 2. The highest BCUT2D eigenvalue weighted by Crippen LogP contribution is 2.29. The van der Waals surface area contributed by atoms with E-state index in [9.17, 15) is 5.11 Å². The molecule has 5 atom stereocenters. The van der Waals surface area contributed by atoms with E-state index in [2.05, 4.69) is 0 Å². The van der Waals surface area contributed by atoms with Crippen LogP contribution in [0.4, 0.5) is 0 Å². The molecule has 78 valence electrons. The molecule has 1 aliphatic rings. The van der Waals surface area contributed by atoms with Crippen LogP contribution < -0.4 is 0 Å². The van der Waals surface area contributed by atoms with Crippen molar-refractivity contribution in [3.05, 3.63) is 0 Å². The first kappa shape index (κ1) is 11.8. The number of hydrogen-bond acceptors (Lipinski definition) is 3. The molecule has 1 saturated heterocycles. The van der Waals surface area contributed by atoms with Gasteiger partial charge in [0.15, 0.2) is 6.29 Å². The molecule has 0 bridgehead atoms. The van der Waals surface area contributed by atoms with Crippen LogP contribution in [0.15, 0.2) is 0 Å². The fourth-order valence-corrected chi connectivity index (χ4v) is 2.12. The lowest BCUT2D eigenvalue weighted by molar-refractivity contribution is -0.220. The molecule has 0 spiro atoms. The molecule has 6 heteroatoms. The minimum Gasteiger partial charge on any atom is -0.386 e. The number of methoxy groups -OCH3 is 1. The van der Waals surface area contributed by atoms with Crippen LogP contribution in [0.5, 0.6) is 0 Å². The largest absolute Gasteiger partial charge is 0.386 e. The number of aliphatic hydroxyl groups is 1. The molecule has 0 radical (unpaired) electrons.